The summed E-state index contributed by atoms with van der Waals surface area (Å²) in [4.78, 5) is 26.5. The maximum absolute atomic E-state index is 12.5. The summed E-state index contributed by atoms with van der Waals surface area (Å²) in [5.74, 6) is 0.428. The molecule has 2 aromatic heterocycles. The van der Waals surface area contributed by atoms with Crippen molar-refractivity contribution in [2.24, 2.45) is 0 Å². The zero-order valence-electron chi connectivity index (χ0n) is 23.2. The number of urea groups is 1. The predicted octanol–water partition coefficient (Wildman–Crippen LogP) is 4.76. The zero-order chi connectivity index (χ0) is 27.6. The lowest BCUT2D eigenvalue weighted by Gasteiger charge is -2.41. The Labute approximate surface area is 234 Å². The molecule has 10 nitrogen and oxygen atoms in total. The first-order valence-corrected chi connectivity index (χ1v) is 14.1. The van der Waals surface area contributed by atoms with E-state index in [1.54, 1.807) is 0 Å². The highest BCUT2D eigenvalue weighted by Gasteiger charge is 2.30. The fourth-order valence-electron chi connectivity index (χ4n) is 6.03. The Kier molecular flexibility index (Phi) is 7.36. The number of fused-ring (bicyclic) bond motifs is 1. The topological polar surface area (TPSA) is 117 Å². The van der Waals surface area contributed by atoms with Gasteiger partial charge in [-0.1, -0.05) is 24.3 Å². The first kappa shape index (κ1) is 26.2. The summed E-state index contributed by atoms with van der Waals surface area (Å²) < 4.78 is 2.07. The molecule has 40 heavy (non-hydrogen) atoms. The third-order valence-electron chi connectivity index (χ3n) is 8.28. The number of rotatable bonds is 5. The lowest BCUT2D eigenvalue weighted by molar-refractivity contribution is 0.0815. The molecule has 2 fully saturated rings. The number of aryl methyl sites for hydroxylation is 1. The monoisotopic (exact) mass is 539 g/mol. The number of hydrogen-bond acceptors (Lipinski definition) is 7. The van der Waals surface area contributed by atoms with Gasteiger partial charge in [0.2, 0.25) is 0 Å². The van der Waals surface area contributed by atoms with E-state index >= 15 is 0 Å². The Balaban J connectivity index is 1.18. The largest absolute Gasteiger partial charge is 0.383 e. The molecule has 2 amide bonds. The molecule has 0 unspecified atom stereocenters. The molecule has 0 bridgehead atoms. The van der Waals surface area contributed by atoms with Gasteiger partial charge in [0.1, 0.15) is 17.8 Å². The average molecular weight is 540 g/mol. The molecule has 2 aliphatic rings. The minimum Gasteiger partial charge on any atom is -0.383 e. The Morgan fingerprint density at radius 1 is 0.900 bits per heavy atom. The number of carbonyl (C=O) groups excluding carboxylic acids is 1. The maximum atomic E-state index is 12.5. The van der Waals surface area contributed by atoms with E-state index in [1.165, 1.54) is 6.33 Å². The van der Waals surface area contributed by atoms with Gasteiger partial charge in [-0.2, -0.15) is 5.10 Å². The van der Waals surface area contributed by atoms with E-state index in [4.69, 9.17) is 10.8 Å². The average Bonchev–Trinajstić information content (AvgIpc) is 3.35. The minimum absolute atomic E-state index is 0.278. The van der Waals surface area contributed by atoms with Crippen molar-refractivity contribution in [2.75, 3.05) is 49.6 Å². The number of nitrogens with two attached hydrogens (primary N) is 1. The van der Waals surface area contributed by atoms with Gasteiger partial charge in [0.25, 0.3) is 0 Å². The molecule has 4 aromatic rings. The van der Waals surface area contributed by atoms with E-state index in [-0.39, 0.29) is 12.1 Å². The molecule has 1 aliphatic carbocycles. The summed E-state index contributed by atoms with van der Waals surface area (Å²) in [6, 6.07) is 16.0. The standard InChI is InChI=1S/C30H37N9O/c1-20-4-3-5-23(18-20)35-30(40)34-22-8-6-21(7-9-22)27-26-28(31)32-19-33-29(26)39(36-27)25-12-10-24(11-13-25)38-16-14-37(2)15-17-38/h3-9,18-19,24-25H,10-17H2,1-2H3,(H2,31,32,33)(H2,34,35,40)/t24-,25+. The molecule has 0 radical (unpaired) electrons. The van der Waals surface area contributed by atoms with Crippen LogP contribution in [0.1, 0.15) is 37.3 Å². The van der Waals surface area contributed by atoms with Crippen LogP contribution in [-0.4, -0.2) is 74.8 Å². The highest BCUT2D eigenvalue weighted by molar-refractivity contribution is 6.01. The van der Waals surface area contributed by atoms with Gasteiger partial charge in [-0.25, -0.2) is 19.4 Å². The SMILES string of the molecule is Cc1cccc(NC(=O)Nc2ccc(-c3nn([C@H]4CC[C@@H](N5CCN(C)CC5)CC4)c4ncnc(N)c34)cc2)c1. The van der Waals surface area contributed by atoms with E-state index in [9.17, 15) is 4.79 Å². The van der Waals surface area contributed by atoms with Crippen LogP contribution in [0.4, 0.5) is 22.0 Å². The summed E-state index contributed by atoms with van der Waals surface area (Å²) in [7, 11) is 2.20. The molecule has 0 spiro atoms. The van der Waals surface area contributed by atoms with Crippen molar-refractivity contribution in [3.63, 3.8) is 0 Å². The molecule has 4 N–H and O–H groups in total. The van der Waals surface area contributed by atoms with Gasteiger partial charge in [-0.3, -0.25) is 4.90 Å². The highest BCUT2D eigenvalue weighted by Crippen LogP contribution is 2.37. The highest BCUT2D eigenvalue weighted by atomic mass is 16.2. The van der Waals surface area contributed by atoms with Crippen molar-refractivity contribution in [2.45, 2.75) is 44.7 Å². The normalized spacial score (nSPS) is 20.4. The van der Waals surface area contributed by atoms with Crippen molar-refractivity contribution < 1.29 is 4.79 Å². The van der Waals surface area contributed by atoms with Crippen molar-refractivity contribution in [3.05, 3.63) is 60.4 Å². The number of likely N-dealkylation sites (N-methyl/N-ethyl adjacent to an activating group) is 1. The van der Waals surface area contributed by atoms with E-state index in [0.29, 0.717) is 17.5 Å². The molecule has 6 rings (SSSR count). The lowest BCUT2D eigenvalue weighted by Crippen LogP contribution is -2.49. The third-order valence-corrected chi connectivity index (χ3v) is 8.28. The molecule has 0 atom stereocenters. The number of hydrogen-bond donors (Lipinski definition) is 3. The van der Waals surface area contributed by atoms with E-state index in [2.05, 4.69) is 42.1 Å². The first-order chi connectivity index (χ1) is 19.4. The van der Waals surface area contributed by atoms with E-state index < -0.39 is 0 Å². The summed E-state index contributed by atoms with van der Waals surface area (Å²) in [5, 5.41) is 11.6. The fourth-order valence-corrected chi connectivity index (χ4v) is 6.03. The molecule has 10 heteroatoms. The molecule has 2 aromatic carbocycles. The number of amides is 2. The van der Waals surface area contributed by atoms with Crippen LogP contribution in [0.5, 0.6) is 0 Å². The maximum Gasteiger partial charge on any atom is 0.323 e. The van der Waals surface area contributed by atoms with Gasteiger partial charge in [-0.05, 0) is 69.5 Å². The fraction of sp³-hybridized carbons (Fsp3) is 0.400. The van der Waals surface area contributed by atoms with Gasteiger partial charge in [0.05, 0.1) is 11.4 Å². The van der Waals surface area contributed by atoms with Crippen molar-refractivity contribution in [1.82, 2.24) is 29.5 Å². The van der Waals surface area contributed by atoms with Gasteiger partial charge in [-0.15, -0.1) is 0 Å². The molecule has 1 saturated carbocycles. The van der Waals surface area contributed by atoms with Crippen molar-refractivity contribution in [1.29, 1.82) is 0 Å². The van der Waals surface area contributed by atoms with Crippen molar-refractivity contribution in [3.8, 4) is 11.3 Å². The van der Waals surface area contributed by atoms with Crippen LogP contribution < -0.4 is 16.4 Å². The predicted molar refractivity (Wildman–Crippen MR) is 159 cm³/mol. The first-order valence-electron chi connectivity index (χ1n) is 14.1. The van der Waals surface area contributed by atoms with Crippen LogP contribution in [0.25, 0.3) is 22.3 Å². The second-order valence-electron chi connectivity index (χ2n) is 11.1. The quantitative estimate of drug-likeness (QED) is 0.335. The van der Waals surface area contributed by atoms with Crippen LogP contribution >= 0.6 is 0 Å². The van der Waals surface area contributed by atoms with E-state index in [0.717, 1.165) is 85.4 Å². The molecule has 208 valence electrons. The van der Waals surface area contributed by atoms with Crippen LogP contribution in [-0.2, 0) is 0 Å². The number of nitrogens with one attached hydrogen (secondary N) is 2. The van der Waals surface area contributed by atoms with Crippen LogP contribution in [0.15, 0.2) is 54.9 Å². The second kappa shape index (κ2) is 11.2. The van der Waals surface area contributed by atoms with Crippen molar-refractivity contribution >= 4 is 34.3 Å². The van der Waals surface area contributed by atoms with E-state index in [1.807, 2.05) is 55.5 Å². The minimum atomic E-state index is -0.294. The van der Waals surface area contributed by atoms with Gasteiger partial charge >= 0.3 is 6.03 Å². The van der Waals surface area contributed by atoms with Gasteiger partial charge in [0, 0.05) is 49.2 Å². The van der Waals surface area contributed by atoms with Crippen LogP contribution in [0, 0.1) is 6.92 Å². The Morgan fingerprint density at radius 2 is 1.60 bits per heavy atom. The number of piperazine rings is 1. The molecule has 1 aliphatic heterocycles. The summed E-state index contributed by atoms with van der Waals surface area (Å²) >= 11 is 0. The number of aromatic nitrogens is 4. The number of nitrogen functional groups attached to an aromatic ring is 1. The summed E-state index contributed by atoms with van der Waals surface area (Å²) in [6.45, 7) is 6.60. The number of benzene rings is 2. The third kappa shape index (κ3) is 5.50. The van der Waals surface area contributed by atoms with Crippen LogP contribution in [0.2, 0.25) is 0 Å². The lowest BCUT2D eigenvalue weighted by atomic mass is 9.90. The van der Waals surface area contributed by atoms with Gasteiger partial charge in [0.15, 0.2) is 5.65 Å². The Bertz CT molecular complexity index is 1480. The molecule has 1 saturated heterocycles. The summed E-state index contributed by atoms with van der Waals surface area (Å²) in [6.07, 6.45) is 5.98. The smallest absolute Gasteiger partial charge is 0.323 e. The molecule has 3 heterocycles. The van der Waals surface area contributed by atoms with Gasteiger partial charge < -0.3 is 21.3 Å². The number of anilines is 3. The van der Waals surface area contributed by atoms with Crippen LogP contribution in [0.3, 0.4) is 0 Å². The molecular formula is C30H37N9O. The number of nitrogens with zero attached hydrogens (tertiary/aromatic N) is 6. The zero-order valence-corrected chi connectivity index (χ0v) is 23.2. The number of carbonyl (C=O) groups is 1. The second-order valence-corrected chi connectivity index (χ2v) is 11.1. The Morgan fingerprint density at radius 3 is 2.33 bits per heavy atom. The summed E-state index contributed by atoms with van der Waals surface area (Å²) in [5.41, 5.74) is 11.3. The molecular weight excluding hydrogens is 502 g/mol. The Hall–Kier alpha value is -4.02.